The zero-order valence-electron chi connectivity index (χ0n) is 24.2. The second-order valence-corrected chi connectivity index (χ2v) is 12.8. The van der Waals surface area contributed by atoms with Crippen LogP contribution in [0.2, 0.25) is 0 Å². The molecule has 0 saturated carbocycles. The maximum absolute atomic E-state index is 16.7. The number of piperazine rings is 1. The monoisotopic (exact) mass is 597 g/mol. The lowest BCUT2D eigenvalue weighted by atomic mass is 9.95. The van der Waals surface area contributed by atoms with Crippen molar-refractivity contribution in [1.82, 2.24) is 25.2 Å². The van der Waals surface area contributed by atoms with Gasteiger partial charge in [0.1, 0.15) is 35.6 Å². The number of hydrogen-bond acceptors (Lipinski definition) is 9. The van der Waals surface area contributed by atoms with E-state index in [1.54, 1.807) is 12.3 Å². The van der Waals surface area contributed by atoms with Crippen molar-refractivity contribution in [2.75, 3.05) is 37.7 Å². The highest BCUT2D eigenvalue weighted by molar-refractivity contribution is 5.99. The van der Waals surface area contributed by atoms with Crippen LogP contribution in [0.15, 0.2) is 42.6 Å². The van der Waals surface area contributed by atoms with Crippen LogP contribution < -0.4 is 15.0 Å². The van der Waals surface area contributed by atoms with Crippen LogP contribution in [-0.4, -0.2) is 81.5 Å². The van der Waals surface area contributed by atoms with Crippen LogP contribution in [0, 0.1) is 23.1 Å². The Hall–Kier alpha value is -4.14. The van der Waals surface area contributed by atoms with Crippen molar-refractivity contribution in [3.05, 3.63) is 48.4 Å². The maximum atomic E-state index is 16.7. The van der Waals surface area contributed by atoms with Gasteiger partial charge in [0.15, 0.2) is 5.82 Å². The minimum Gasteiger partial charge on any atom is -0.508 e. The number of alkyl halides is 1. The number of aromatic hydroxyl groups is 1. The van der Waals surface area contributed by atoms with Gasteiger partial charge < -0.3 is 20.1 Å². The molecule has 4 saturated heterocycles. The summed E-state index contributed by atoms with van der Waals surface area (Å²) in [5, 5.41) is 25.4. The number of fused-ring (bicyclic) bond motifs is 5. The van der Waals surface area contributed by atoms with Crippen LogP contribution in [0.1, 0.15) is 32.1 Å². The van der Waals surface area contributed by atoms with E-state index in [0.717, 1.165) is 36.6 Å². The van der Waals surface area contributed by atoms with Gasteiger partial charge in [-0.3, -0.25) is 9.88 Å². The number of benzene rings is 2. The minimum atomic E-state index is -0.896. The molecule has 2 N–H and O–H groups in total. The van der Waals surface area contributed by atoms with Gasteiger partial charge in [0.25, 0.3) is 0 Å². The first-order valence-electron chi connectivity index (χ1n) is 15.4. The SMILES string of the molecule is N#CC[C@@H]1C[C@@H]2CN(c3nc(OCC45CCCN4C[C@H](F)C5)nc4c(F)c(-c5cc(O)cc6ccccc56)ncc34)C[C@H]1N2. The lowest BCUT2D eigenvalue weighted by molar-refractivity contribution is 0.107. The molecule has 5 atom stereocenters. The molecule has 226 valence electrons. The summed E-state index contributed by atoms with van der Waals surface area (Å²) in [6.45, 7) is 2.72. The highest BCUT2D eigenvalue weighted by atomic mass is 19.1. The summed E-state index contributed by atoms with van der Waals surface area (Å²) in [7, 11) is 0. The lowest BCUT2D eigenvalue weighted by Gasteiger charge is -2.35. The van der Waals surface area contributed by atoms with Crippen LogP contribution in [0.3, 0.4) is 0 Å². The second kappa shape index (κ2) is 10.5. The molecule has 0 amide bonds. The van der Waals surface area contributed by atoms with Crippen LogP contribution in [-0.2, 0) is 0 Å². The predicted octanol–water partition coefficient (Wildman–Crippen LogP) is 4.73. The van der Waals surface area contributed by atoms with E-state index in [-0.39, 0.29) is 47.6 Å². The summed E-state index contributed by atoms with van der Waals surface area (Å²) in [6, 6.07) is 13.3. The first-order valence-corrected chi connectivity index (χ1v) is 15.4. The first-order chi connectivity index (χ1) is 21.4. The number of nitrogens with one attached hydrogen (secondary N) is 1. The first kappa shape index (κ1) is 27.4. The van der Waals surface area contributed by atoms with Crippen LogP contribution in [0.5, 0.6) is 11.8 Å². The van der Waals surface area contributed by atoms with Crippen molar-refractivity contribution >= 4 is 27.5 Å². The van der Waals surface area contributed by atoms with Crippen molar-refractivity contribution < 1.29 is 18.6 Å². The van der Waals surface area contributed by atoms with Gasteiger partial charge in [0, 0.05) is 56.3 Å². The molecule has 9 nitrogen and oxygen atoms in total. The number of pyridine rings is 1. The van der Waals surface area contributed by atoms with E-state index < -0.39 is 17.5 Å². The number of rotatable bonds is 6. The summed E-state index contributed by atoms with van der Waals surface area (Å²) in [5.74, 6) is 0.160. The van der Waals surface area contributed by atoms with Crippen molar-refractivity contribution in [3.8, 4) is 29.1 Å². The fourth-order valence-corrected chi connectivity index (χ4v) is 8.11. The third kappa shape index (κ3) is 4.50. The van der Waals surface area contributed by atoms with E-state index in [1.807, 2.05) is 24.3 Å². The average molecular weight is 598 g/mol. The Morgan fingerprint density at radius 2 is 2.05 bits per heavy atom. The number of nitriles is 1. The van der Waals surface area contributed by atoms with Gasteiger partial charge >= 0.3 is 6.01 Å². The van der Waals surface area contributed by atoms with Crippen molar-refractivity contribution in [3.63, 3.8) is 0 Å². The standard InChI is InChI=1S/C33H33F2N7O2/c34-21-13-33(7-3-9-42(33)15-21)18-44-32-39-30-26(31(40-32)41-16-22-10-20(6-8-36)27(17-41)38-22)14-37-29(28(30)35)25-12-23(43)11-19-4-1-2-5-24(19)25/h1-2,4-5,11-12,14,20-22,27,38,43H,3,6-7,9-10,13,15-18H2/t20-,21-,22-,27-,33?/m1/s1. The summed E-state index contributed by atoms with van der Waals surface area (Å²) in [6.07, 6.45) is 4.30. The van der Waals surface area contributed by atoms with Gasteiger partial charge in [-0.15, -0.1) is 0 Å². The van der Waals surface area contributed by atoms with E-state index in [2.05, 4.69) is 31.2 Å². The highest BCUT2D eigenvalue weighted by Gasteiger charge is 2.49. The Labute approximate surface area is 253 Å². The molecule has 4 aromatic rings. The van der Waals surface area contributed by atoms with Gasteiger partial charge in [0.05, 0.1) is 17.0 Å². The van der Waals surface area contributed by atoms with Crippen molar-refractivity contribution in [2.45, 2.75) is 55.9 Å². The van der Waals surface area contributed by atoms with Gasteiger partial charge in [-0.05, 0) is 54.6 Å². The highest BCUT2D eigenvalue weighted by Crippen LogP contribution is 2.42. The molecule has 2 aromatic heterocycles. The van der Waals surface area contributed by atoms with Crippen LogP contribution >= 0.6 is 0 Å². The minimum absolute atomic E-state index is 0.0127. The van der Waals surface area contributed by atoms with E-state index in [4.69, 9.17) is 9.72 Å². The molecule has 4 aliphatic rings. The average Bonchev–Trinajstić information content (AvgIpc) is 3.64. The molecule has 1 unspecified atom stereocenters. The quantitative estimate of drug-likeness (QED) is 0.326. The molecule has 44 heavy (non-hydrogen) atoms. The summed E-state index contributed by atoms with van der Waals surface area (Å²) < 4.78 is 37.4. The third-order valence-corrected chi connectivity index (χ3v) is 10.1. The topological polar surface area (TPSA) is 110 Å². The van der Waals surface area contributed by atoms with Gasteiger partial charge in [-0.2, -0.15) is 15.2 Å². The second-order valence-electron chi connectivity index (χ2n) is 12.8. The predicted molar refractivity (Wildman–Crippen MR) is 162 cm³/mol. The molecule has 4 fully saturated rings. The molecule has 0 spiro atoms. The summed E-state index contributed by atoms with van der Waals surface area (Å²) in [4.78, 5) is 18.3. The lowest BCUT2D eigenvalue weighted by Crippen LogP contribution is -2.52. The number of hydrogen-bond donors (Lipinski definition) is 2. The number of ether oxygens (including phenoxy) is 1. The van der Waals surface area contributed by atoms with E-state index >= 15 is 4.39 Å². The molecule has 2 bridgehead atoms. The zero-order chi connectivity index (χ0) is 30.0. The van der Waals surface area contributed by atoms with Crippen LogP contribution in [0.25, 0.3) is 32.9 Å². The molecular weight excluding hydrogens is 564 g/mol. The molecule has 8 rings (SSSR count). The maximum Gasteiger partial charge on any atom is 0.319 e. The third-order valence-electron chi connectivity index (χ3n) is 10.1. The van der Waals surface area contributed by atoms with Crippen molar-refractivity contribution in [2.24, 2.45) is 5.92 Å². The summed E-state index contributed by atoms with van der Waals surface area (Å²) in [5.41, 5.74) is 0.213. The van der Waals surface area contributed by atoms with Crippen molar-refractivity contribution in [1.29, 1.82) is 5.26 Å². The molecule has 6 heterocycles. The molecule has 0 aliphatic carbocycles. The molecule has 4 aliphatic heterocycles. The van der Waals surface area contributed by atoms with E-state index in [9.17, 15) is 14.8 Å². The largest absolute Gasteiger partial charge is 0.508 e. The normalized spacial score (nSPS) is 28.1. The van der Waals surface area contributed by atoms with Gasteiger partial charge in [-0.25, -0.2) is 8.78 Å². The Morgan fingerprint density at radius 3 is 2.93 bits per heavy atom. The molecule has 0 radical (unpaired) electrons. The fraction of sp³-hybridized carbons (Fsp3) is 0.455. The van der Waals surface area contributed by atoms with E-state index in [0.29, 0.717) is 49.2 Å². The Balaban J connectivity index is 1.23. The number of nitrogens with zero attached hydrogens (tertiary/aromatic N) is 6. The Bertz CT molecular complexity index is 1820. The molecule has 11 heteroatoms. The van der Waals surface area contributed by atoms with Gasteiger partial charge in [-0.1, -0.05) is 24.3 Å². The number of phenolic OH excluding ortho intramolecular Hbond substituents is 1. The molecule has 2 aromatic carbocycles. The van der Waals surface area contributed by atoms with Crippen LogP contribution in [0.4, 0.5) is 14.6 Å². The summed E-state index contributed by atoms with van der Waals surface area (Å²) >= 11 is 0. The van der Waals surface area contributed by atoms with Gasteiger partial charge in [0.2, 0.25) is 0 Å². The number of aromatic nitrogens is 3. The smallest absolute Gasteiger partial charge is 0.319 e. The Kier molecular flexibility index (Phi) is 6.54. The number of phenols is 1. The van der Waals surface area contributed by atoms with E-state index in [1.165, 1.54) is 6.07 Å². The molecular formula is C33H33F2N7O2. The fourth-order valence-electron chi connectivity index (χ4n) is 8.11. The zero-order valence-corrected chi connectivity index (χ0v) is 24.2. The Morgan fingerprint density at radius 1 is 1.16 bits per heavy atom. The number of halogens is 2. The number of anilines is 1.